The number of nitrogens with one attached hydrogen (secondary N) is 1. The van der Waals surface area contributed by atoms with Crippen LogP contribution >= 0.6 is 0 Å². The predicted molar refractivity (Wildman–Crippen MR) is 67.8 cm³/mol. The van der Waals surface area contributed by atoms with Gasteiger partial charge in [-0.2, -0.15) is 0 Å². The van der Waals surface area contributed by atoms with E-state index in [1.165, 1.54) is 0 Å². The monoisotopic (exact) mass is 257 g/mol. The molecule has 1 aliphatic rings. The van der Waals surface area contributed by atoms with Crippen molar-refractivity contribution in [2.75, 3.05) is 6.54 Å². The zero-order valence-corrected chi connectivity index (χ0v) is 11.1. The Balaban J connectivity index is 2.64. The summed E-state index contributed by atoms with van der Waals surface area (Å²) in [5.74, 6) is -0.375. The second-order valence-electron chi connectivity index (χ2n) is 5.00. The number of hydrogen-bond donors (Lipinski definition) is 3. The topological polar surface area (TPSA) is 95.7 Å². The highest BCUT2D eigenvalue weighted by Crippen LogP contribution is 2.23. The van der Waals surface area contributed by atoms with Gasteiger partial charge in [0.05, 0.1) is 12.1 Å². The predicted octanol–water partition coefficient (Wildman–Crippen LogP) is 0.195. The highest BCUT2D eigenvalue weighted by molar-refractivity contribution is 5.96. The molecule has 4 N–H and O–H groups in total. The molecule has 1 rings (SSSR count). The van der Waals surface area contributed by atoms with Crippen LogP contribution in [0.25, 0.3) is 0 Å². The fourth-order valence-electron chi connectivity index (χ4n) is 2.56. The lowest BCUT2D eigenvalue weighted by atomic mass is 9.95. The molecule has 0 aromatic heterocycles. The number of rotatable bonds is 4. The highest BCUT2D eigenvalue weighted by atomic mass is 16.3. The van der Waals surface area contributed by atoms with E-state index in [0.717, 1.165) is 25.8 Å². The number of aliphatic hydroxyl groups excluding tert-OH is 1. The lowest BCUT2D eigenvalue weighted by Crippen LogP contribution is -2.53. The average molecular weight is 257 g/mol. The van der Waals surface area contributed by atoms with Gasteiger partial charge in [-0.25, -0.2) is 4.79 Å². The number of hydrogen-bond acceptors (Lipinski definition) is 4. The number of urea groups is 1. The van der Waals surface area contributed by atoms with Crippen molar-refractivity contribution in [2.45, 2.75) is 57.7 Å². The second-order valence-corrected chi connectivity index (χ2v) is 5.00. The molecule has 6 heteroatoms. The van der Waals surface area contributed by atoms with Crippen LogP contribution in [0.15, 0.2) is 0 Å². The third-order valence-corrected chi connectivity index (χ3v) is 3.41. The van der Waals surface area contributed by atoms with Gasteiger partial charge in [0.15, 0.2) is 0 Å². The van der Waals surface area contributed by atoms with Crippen LogP contribution < -0.4 is 11.1 Å². The molecule has 1 heterocycles. The summed E-state index contributed by atoms with van der Waals surface area (Å²) in [5, 5.41) is 11.6. The van der Waals surface area contributed by atoms with Crippen molar-refractivity contribution in [3.8, 4) is 0 Å². The first-order chi connectivity index (χ1) is 8.41. The number of imide groups is 1. The smallest absolute Gasteiger partial charge is 0.318 e. The fourth-order valence-corrected chi connectivity index (χ4v) is 2.56. The van der Waals surface area contributed by atoms with Crippen LogP contribution in [0.4, 0.5) is 4.79 Å². The van der Waals surface area contributed by atoms with Crippen molar-refractivity contribution >= 4 is 11.9 Å². The summed E-state index contributed by atoms with van der Waals surface area (Å²) >= 11 is 0. The van der Waals surface area contributed by atoms with Crippen molar-refractivity contribution in [3.63, 3.8) is 0 Å². The van der Waals surface area contributed by atoms with E-state index in [4.69, 9.17) is 5.73 Å². The molecule has 1 fully saturated rings. The lowest BCUT2D eigenvalue weighted by Gasteiger charge is -2.39. The molecule has 3 atom stereocenters. The van der Waals surface area contributed by atoms with Gasteiger partial charge < -0.3 is 10.8 Å². The maximum atomic E-state index is 11.8. The number of piperidine rings is 1. The Morgan fingerprint density at radius 3 is 2.67 bits per heavy atom. The maximum Gasteiger partial charge on any atom is 0.318 e. The molecule has 6 nitrogen and oxygen atoms in total. The number of primary amides is 1. The number of nitrogens with two attached hydrogens (primary N) is 1. The molecule has 3 unspecified atom stereocenters. The number of aliphatic hydroxyl groups is 1. The summed E-state index contributed by atoms with van der Waals surface area (Å²) in [5.41, 5.74) is 4.95. The van der Waals surface area contributed by atoms with Crippen molar-refractivity contribution in [3.05, 3.63) is 0 Å². The van der Waals surface area contributed by atoms with Crippen LogP contribution in [-0.2, 0) is 4.79 Å². The largest absolute Gasteiger partial charge is 0.393 e. The van der Waals surface area contributed by atoms with Crippen LogP contribution in [-0.4, -0.2) is 46.7 Å². The normalized spacial score (nSPS) is 24.3. The molecule has 0 radical (unpaired) electrons. The van der Waals surface area contributed by atoms with E-state index in [1.807, 2.05) is 0 Å². The van der Waals surface area contributed by atoms with Gasteiger partial charge >= 0.3 is 6.03 Å². The van der Waals surface area contributed by atoms with Crippen molar-refractivity contribution in [2.24, 2.45) is 5.73 Å². The van der Waals surface area contributed by atoms with E-state index >= 15 is 0 Å². The van der Waals surface area contributed by atoms with E-state index in [1.54, 1.807) is 13.8 Å². The van der Waals surface area contributed by atoms with E-state index in [9.17, 15) is 14.7 Å². The SMILES string of the molecule is CC(O)CC1CCCCN1C(C)C(=O)NC(N)=O. The Kier molecular flexibility index (Phi) is 5.55. The van der Waals surface area contributed by atoms with Crippen molar-refractivity contribution in [1.29, 1.82) is 0 Å². The van der Waals surface area contributed by atoms with Gasteiger partial charge in [0.25, 0.3) is 0 Å². The fraction of sp³-hybridized carbons (Fsp3) is 0.833. The molecule has 104 valence electrons. The number of nitrogens with zero attached hydrogens (tertiary/aromatic N) is 1. The van der Waals surface area contributed by atoms with E-state index < -0.39 is 12.1 Å². The molecule has 1 saturated heterocycles. The summed E-state index contributed by atoms with van der Waals surface area (Å²) in [6.07, 6.45) is 3.37. The van der Waals surface area contributed by atoms with Crippen LogP contribution in [0.3, 0.4) is 0 Å². The first kappa shape index (κ1) is 14.9. The Morgan fingerprint density at radius 1 is 1.44 bits per heavy atom. The van der Waals surface area contributed by atoms with Gasteiger partial charge in [0.2, 0.25) is 5.91 Å². The van der Waals surface area contributed by atoms with Crippen LogP contribution in [0.5, 0.6) is 0 Å². The molecule has 18 heavy (non-hydrogen) atoms. The van der Waals surface area contributed by atoms with E-state index in [2.05, 4.69) is 10.2 Å². The molecule has 0 aromatic carbocycles. The number of likely N-dealkylation sites (tertiary alicyclic amines) is 1. The summed E-state index contributed by atoms with van der Waals surface area (Å²) in [6.45, 7) is 4.32. The molecule has 0 saturated carbocycles. The number of carbonyl (C=O) groups excluding carboxylic acids is 2. The molecule has 3 amide bonds. The maximum absolute atomic E-state index is 11.8. The quantitative estimate of drug-likeness (QED) is 0.670. The Morgan fingerprint density at radius 2 is 2.11 bits per heavy atom. The third-order valence-electron chi connectivity index (χ3n) is 3.41. The van der Waals surface area contributed by atoms with Gasteiger partial charge in [0.1, 0.15) is 0 Å². The molecule has 0 aliphatic carbocycles. The van der Waals surface area contributed by atoms with Gasteiger partial charge in [-0.1, -0.05) is 6.42 Å². The van der Waals surface area contributed by atoms with Gasteiger partial charge in [-0.05, 0) is 39.7 Å². The number of carbonyl (C=O) groups is 2. The molecular weight excluding hydrogens is 234 g/mol. The van der Waals surface area contributed by atoms with E-state index in [-0.39, 0.29) is 18.1 Å². The molecular formula is C12H23N3O3. The van der Waals surface area contributed by atoms with Crippen molar-refractivity contribution in [1.82, 2.24) is 10.2 Å². The van der Waals surface area contributed by atoms with E-state index in [0.29, 0.717) is 6.42 Å². The molecule has 0 aromatic rings. The minimum atomic E-state index is -0.823. The summed E-state index contributed by atoms with van der Waals surface area (Å²) in [7, 11) is 0. The first-order valence-corrected chi connectivity index (χ1v) is 6.46. The van der Waals surface area contributed by atoms with Gasteiger partial charge in [0, 0.05) is 6.04 Å². The minimum Gasteiger partial charge on any atom is -0.393 e. The van der Waals surface area contributed by atoms with Crippen LogP contribution in [0, 0.1) is 0 Å². The Hall–Kier alpha value is -1.14. The third kappa shape index (κ3) is 4.27. The standard InChI is InChI=1S/C12H23N3O3/c1-8(16)7-10-5-3-4-6-15(10)9(2)11(17)14-12(13)18/h8-10,16H,3-7H2,1-2H3,(H3,13,14,17,18). The van der Waals surface area contributed by atoms with Gasteiger partial charge in [-0.3, -0.25) is 15.0 Å². The highest BCUT2D eigenvalue weighted by Gasteiger charge is 2.31. The van der Waals surface area contributed by atoms with Gasteiger partial charge in [-0.15, -0.1) is 0 Å². The zero-order chi connectivity index (χ0) is 13.7. The summed E-state index contributed by atoms with van der Waals surface area (Å²) < 4.78 is 0. The van der Waals surface area contributed by atoms with Crippen LogP contribution in [0.2, 0.25) is 0 Å². The second kappa shape index (κ2) is 6.70. The molecule has 0 spiro atoms. The Bertz CT molecular complexity index is 307. The van der Waals surface area contributed by atoms with Crippen LogP contribution in [0.1, 0.15) is 39.5 Å². The first-order valence-electron chi connectivity index (χ1n) is 6.46. The molecule has 1 aliphatic heterocycles. The molecule has 0 bridgehead atoms. The summed E-state index contributed by atoms with van der Waals surface area (Å²) in [4.78, 5) is 24.5. The van der Waals surface area contributed by atoms with Crippen molar-refractivity contribution < 1.29 is 14.7 Å². The number of amides is 3. The average Bonchev–Trinajstić information content (AvgIpc) is 2.27. The summed E-state index contributed by atoms with van der Waals surface area (Å²) in [6, 6.07) is -1.04. The minimum absolute atomic E-state index is 0.187. The lowest BCUT2D eigenvalue weighted by molar-refractivity contribution is -0.126. The Labute approximate surface area is 108 Å². The zero-order valence-electron chi connectivity index (χ0n) is 11.1.